The molecular formula is C19H28N2O4. The van der Waals surface area contributed by atoms with E-state index in [1.54, 1.807) is 0 Å². The molecule has 0 unspecified atom stereocenters. The lowest BCUT2D eigenvalue weighted by Gasteiger charge is -2.38. The molecule has 0 saturated carbocycles. The zero-order chi connectivity index (χ0) is 18.4. The van der Waals surface area contributed by atoms with Gasteiger partial charge in [0, 0.05) is 19.1 Å². The third kappa shape index (κ3) is 6.05. The van der Waals surface area contributed by atoms with Crippen molar-refractivity contribution < 1.29 is 19.1 Å². The summed E-state index contributed by atoms with van der Waals surface area (Å²) < 4.78 is 10.3. The maximum absolute atomic E-state index is 12.2. The van der Waals surface area contributed by atoms with Gasteiger partial charge in [-0.3, -0.25) is 9.69 Å². The normalized spacial score (nSPS) is 21.4. The second kappa shape index (κ2) is 8.34. The van der Waals surface area contributed by atoms with E-state index < -0.39 is 11.7 Å². The maximum atomic E-state index is 12.2. The number of ether oxygens (including phenoxy) is 2. The Morgan fingerprint density at radius 2 is 1.92 bits per heavy atom. The lowest BCUT2D eigenvalue weighted by atomic mass is 9.96. The van der Waals surface area contributed by atoms with Gasteiger partial charge in [0.15, 0.2) is 0 Å². The van der Waals surface area contributed by atoms with E-state index in [2.05, 4.69) is 10.2 Å². The molecule has 0 aromatic heterocycles. The van der Waals surface area contributed by atoms with E-state index in [1.165, 1.54) is 7.11 Å². The Morgan fingerprint density at radius 3 is 2.52 bits per heavy atom. The molecule has 25 heavy (non-hydrogen) atoms. The summed E-state index contributed by atoms with van der Waals surface area (Å²) in [5.41, 5.74) is 0.606. The van der Waals surface area contributed by atoms with E-state index in [9.17, 15) is 9.59 Å². The van der Waals surface area contributed by atoms with Gasteiger partial charge in [0.2, 0.25) is 0 Å². The highest BCUT2D eigenvalue weighted by atomic mass is 16.6. The van der Waals surface area contributed by atoms with Crippen LogP contribution in [0.2, 0.25) is 0 Å². The van der Waals surface area contributed by atoms with Crippen molar-refractivity contribution in [3.8, 4) is 0 Å². The fraction of sp³-hybridized carbons (Fsp3) is 0.579. The van der Waals surface area contributed by atoms with Gasteiger partial charge in [0.1, 0.15) is 11.6 Å². The zero-order valence-corrected chi connectivity index (χ0v) is 15.5. The number of nitrogens with one attached hydrogen (secondary N) is 1. The summed E-state index contributed by atoms with van der Waals surface area (Å²) >= 11 is 0. The highest BCUT2D eigenvalue weighted by Crippen LogP contribution is 2.22. The van der Waals surface area contributed by atoms with Gasteiger partial charge in [-0.1, -0.05) is 30.3 Å². The lowest BCUT2D eigenvalue weighted by molar-refractivity contribution is -0.149. The first-order valence-electron chi connectivity index (χ1n) is 8.64. The van der Waals surface area contributed by atoms with Crippen molar-refractivity contribution in [3.63, 3.8) is 0 Å². The van der Waals surface area contributed by atoms with Crippen LogP contribution in [-0.2, 0) is 20.8 Å². The van der Waals surface area contributed by atoms with Gasteiger partial charge in [-0.15, -0.1) is 0 Å². The maximum Gasteiger partial charge on any atom is 0.407 e. The van der Waals surface area contributed by atoms with Crippen LogP contribution in [0.3, 0.4) is 0 Å². The number of nitrogens with zero attached hydrogens (tertiary/aromatic N) is 1. The third-order valence-corrected chi connectivity index (χ3v) is 4.14. The molecular weight excluding hydrogens is 320 g/mol. The Labute approximate surface area is 149 Å². The van der Waals surface area contributed by atoms with E-state index in [1.807, 2.05) is 51.1 Å². The minimum Gasteiger partial charge on any atom is -0.468 e. The smallest absolute Gasteiger partial charge is 0.407 e. The molecule has 6 nitrogen and oxygen atoms in total. The van der Waals surface area contributed by atoms with Crippen LogP contribution in [0.4, 0.5) is 4.79 Å². The van der Waals surface area contributed by atoms with Crippen molar-refractivity contribution in [3.05, 3.63) is 35.9 Å². The van der Waals surface area contributed by atoms with Crippen LogP contribution in [0.15, 0.2) is 30.3 Å². The average molecular weight is 348 g/mol. The second-order valence-electron chi connectivity index (χ2n) is 7.36. The number of hydrogen-bond acceptors (Lipinski definition) is 5. The number of carbonyl (C=O) groups is 2. The topological polar surface area (TPSA) is 67.9 Å². The molecule has 1 saturated heterocycles. The van der Waals surface area contributed by atoms with Crippen LogP contribution < -0.4 is 5.32 Å². The number of amides is 1. The summed E-state index contributed by atoms with van der Waals surface area (Å²) in [5.74, 6) is -0.272. The zero-order valence-electron chi connectivity index (χ0n) is 15.5. The Morgan fingerprint density at radius 1 is 1.24 bits per heavy atom. The molecule has 1 N–H and O–H groups in total. The van der Waals surface area contributed by atoms with Crippen molar-refractivity contribution in [2.75, 3.05) is 13.7 Å². The van der Waals surface area contributed by atoms with Crippen molar-refractivity contribution in [2.24, 2.45) is 0 Å². The fourth-order valence-electron chi connectivity index (χ4n) is 3.01. The van der Waals surface area contributed by atoms with E-state index in [-0.39, 0.29) is 18.1 Å². The van der Waals surface area contributed by atoms with Crippen LogP contribution in [0.25, 0.3) is 0 Å². The quantitative estimate of drug-likeness (QED) is 0.848. The summed E-state index contributed by atoms with van der Waals surface area (Å²) in [7, 11) is 1.40. The number of hydrogen-bond donors (Lipinski definition) is 1. The highest BCUT2D eigenvalue weighted by Gasteiger charge is 2.35. The standard InChI is InChI=1S/C19H28N2O4/c1-19(2,3)25-18(23)20-15-10-11-21(16(12-15)17(22)24-4)13-14-8-6-5-7-9-14/h5-9,15-16H,10-13H2,1-4H3,(H,20,23)/t15-,16+/m1/s1. The van der Waals surface area contributed by atoms with Crippen molar-refractivity contribution in [1.82, 2.24) is 10.2 Å². The molecule has 0 spiro atoms. The van der Waals surface area contributed by atoms with Crippen LogP contribution in [0, 0.1) is 0 Å². The first-order chi connectivity index (χ1) is 11.8. The summed E-state index contributed by atoms with van der Waals surface area (Å²) in [5, 5.41) is 2.87. The molecule has 6 heteroatoms. The van der Waals surface area contributed by atoms with Gasteiger partial charge in [-0.25, -0.2) is 4.79 Å². The first kappa shape index (κ1) is 19.2. The summed E-state index contributed by atoms with van der Waals surface area (Å²) in [4.78, 5) is 26.3. The Hall–Kier alpha value is -2.08. The first-order valence-corrected chi connectivity index (χ1v) is 8.64. The SMILES string of the molecule is COC(=O)[C@@H]1C[C@H](NC(=O)OC(C)(C)C)CCN1Cc1ccccc1. The number of esters is 1. The largest absolute Gasteiger partial charge is 0.468 e. The van der Waals surface area contributed by atoms with E-state index >= 15 is 0 Å². The summed E-state index contributed by atoms with van der Waals surface area (Å²) in [6, 6.07) is 9.54. The Balaban J connectivity index is 1.99. The molecule has 2 rings (SSSR count). The molecule has 1 heterocycles. The molecule has 138 valence electrons. The van der Waals surface area contributed by atoms with Gasteiger partial charge in [-0.2, -0.15) is 0 Å². The molecule has 0 bridgehead atoms. The van der Waals surface area contributed by atoms with Crippen LogP contribution in [-0.4, -0.2) is 48.3 Å². The minimum absolute atomic E-state index is 0.106. The summed E-state index contributed by atoms with van der Waals surface area (Å²) in [6.45, 7) is 6.86. The van der Waals surface area contributed by atoms with Gasteiger partial charge in [0.25, 0.3) is 0 Å². The van der Waals surface area contributed by atoms with Crippen molar-refractivity contribution in [2.45, 2.75) is 57.8 Å². The predicted octanol–water partition coefficient (Wildman–Crippen LogP) is 2.72. The number of methoxy groups -OCH3 is 1. The molecule has 1 amide bonds. The second-order valence-corrected chi connectivity index (χ2v) is 7.36. The monoisotopic (exact) mass is 348 g/mol. The molecule has 2 atom stereocenters. The average Bonchev–Trinajstić information content (AvgIpc) is 2.54. The third-order valence-electron chi connectivity index (χ3n) is 4.14. The molecule has 0 radical (unpaired) electrons. The Bertz CT molecular complexity index is 583. The molecule has 1 aromatic carbocycles. The number of likely N-dealkylation sites (tertiary alicyclic amines) is 1. The minimum atomic E-state index is -0.542. The highest BCUT2D eigenvalue weighted by molar-refractivity contribution is 5.76. The number of carbonyl (C=O) groups excluding carboxylic acids is 2. The fourth-order valence-corrected chi connectivity index (χ4v) is 3.01. The summed E-state index contributed by atoms with van der Waals surface area (Å²) in [6.07, 6.45) is 0.829. The van der Waals surface area contributed by atoms with Gasteiger partial charge in [-0.05, 0) is 39.2 Å². The molecule has 1 aromatic rings. The van der Waals surface area contributed by atoms with E-state index in [4.69, 9.17) is 9.47 Å². The van der Waals surface area contributed by atoms with Crippen LogP contribution in [0.1, 0.15) is 39.2 Å². The predicted molar refractivity (Wildman–Crippen MR) is 95.0 cm³/mol. The Kier molecular flexibility index (Phi) is 6.42. The van der Waals surface area contributed by atoms with Crippen molar-refractivity contribution in [1.29, 1.82) is 0 Å². The molecule has 1 fully saturated rings. The molecule has 1 aliphatic heterocycles. The van der Waals surface area contributed by atoms with Crippen LogP contribution >= 0.6 is 0 Å². The lowest BCUT2D eigenvalue weighted by Crippen LogP contribution is -2.53. The number of benzene rings is 1. The van der Waals surface area contributed by atoms with Gasteiger partial charge >= 0.3 is 12.1 Å². The van der Waals surface area contributed by atoms with E-state index in [0.717, 1.165) is 12.0 Å². The van der Waals surface area contributed by atoms with Gasteiger partial charge < -0.3 is 14.8 Å². The molecule has 0 aliphatic carbocycles. The molecule has 1 aliphatic rings. The number of piperidine rings is 1. The number of rotatable bonds is 4. The number of alkyl carbamates (subject to hydrolysis) is 1. The van der Waals surface area contributed by atoms with Crippen LogP contribution in [0.5, 0.6) is 0 Å². The van der Waals surface area contributed by atoms with E-state index in [0.29, 0.717) is 19.5 Å². The van der Waals surface area contributed by atoms with Gasteiger partial charge in [0.05, 0.1) is 7.11 Å². The van der Waals surface area contributed by atoms with Crippen molar-refractivity contribution >= 4 is 12.1 Å².